The molecule has 6 heteroatoms. The molecule has 1 amide bonds. The second kappa shape index (κ2) is 10.3. The molecular formula is C21H26FN3O2. The Balaban J connectivity index is 1.92. The molecule has 0 bridgehead atoms. The predicted octanol–water partition coefficient (Wildman–Crippen LogP) is 4.17. The maximum Gasteiger partial charge on any atom is 0.255 e. The number of nitrogens with two attached hydrogens (primary N) is 1. The number of allylic oxidation sites excluding steroid dienone is 2. The van der Waals surface area contributed by atoms with Crippen LogP contribution in [-0.4, -0.2) is 17.5 Å². The summed E-state index contributed by atoms with van der Waals surface area (Å²) in [6.07, 6.45) is 6.95. The van der Waals surface area contributed by atoms with Gasteiger partial charge < -0.3 is 15.8 Å². The summed E-state index contributed by atoms with van der Waals surface area (Å²) in [6.45, 7) is 4.27. The van der Waals surface area contributed by atoms with Crippen LogP contribution < -0.4 is 15.8 Å². The molecule has 0 aliphatic rings. The number of carbonyl (C=O) groups excluding carboxylic acids is 1. The molecule has 5 nitrogen and oxygen atoms in total. The van der Waals surface area contributed by atoms with Gasteiger partial charge in [-0.1, -0.05) is 24.3 Å². The van der Waals surface area contributed by atoms with Gasteiger partial charge in [0.15, 0.2) is 11.6 Å². The van der Waals surface area contributed by atoms with Gasteiger partial charge in [-0.25, -0.2) is 9.37 Å². The molecule has 1 heterocycles. The highest BCUT2D eigenvalue weighted by Gasteiger charge is 2.13. The minimum absolute atomic E-state index is 0.0382. The second-order valence-corrected chi connectivity index (χ2v) is 6.21. The lowest BCUT2D eigenvalue weighted by atomic mass is 10.1. The number of unbranched alkanes of at least 4 members (excludes halogenated alkanes) is 2. The Morgan fingerprint density at radius 2 is 2.11 bits per heavy atom. The molecule has 0 saturated carbocycles. The van der Waals surface area contributed by atoms with Gasteiger partial charge in [0, 0.05) is 17.8 Å². The van der Waals surface area contributed by atoms with Crippen molar-refractivity contribution in [2.45, 2.75) is 39.7 Å². The third-order valence-electron chi connectivity index (χ3n) is 4.05. The van der Waals surface area contributed by atoms with Crippen molar-refractivity contribution in [1.29, 1.82) is 0 Å². The first-order valence-electron chi connectivity index (χ1n) is 9.05. The zero-order chi connectivity index (χ0) is 19.6. The first kappa shape index (κ1) is 20.4. The fourth-order valence-corrected chi connectivity index (χ4v) is 2.56. The van der Waals surface area contributed by atoms with Gasteiger partial charge in [0.1, 0.15) is 5.82 Å². The fourth-order valence-electron chi connectivity index (χ4n) is 2.56. The quantitative estimate of drug-likeness (QED) is 0.512. The lowest BCUT2D eigenvalue weighted by Crippen LogP contribution is -2.24. The third-order valence-corrected chi connectivity index (χ3v) is 4.05. The van der Waals surface area contributed by atoms with E-state index in [4.69, 9.17) is 10.5 Å². The molecule has 0 spiro atoms. The number of benzene rings is 1. The molecule has 1 aromatic heterocycles. The summed E-state index contributed by atoms with van der Waals surface area (Å²) in [5.74, 6) is -0.497. The van der Waals surface area contributed by atoms with E-state index in [-0.39, 0.29) is 23.7 Å². The number of aromatic nitrogens is 1. The number of ether oxygens (including phenoxy) is 1. The Morgan fingerprint density at radius 3 is 2.85 bits per heavy atom. The van der Waals surface area contributed by atoms with Gasteiger partial charge in [0.25, 0.3) is 5.91 Å². The largest absolute Gasteiger partial charge is 0.491 e. The summed E-state index contributed by atoms with van der Waals surface area (Å²) in [6, 6.07) is 8.23. The number of rotatable bonds is 9. The van der Waals surface area contributed by atoms with Gasteiger partial charge in [-0.05, 0) is 51.3 Å². The number of amides is 1. The van der Waals surface area contributed by atoms with E-state index in [1.807, 2.05) is 13.0 Å². The van der Waals surface area contributed by atoms with Gasteiger partial charge in [0.2, 0.25) is 0 Å². The Bertz CT molecular complexity index is 806. The number of pyridine rings is 1. The monoisotopic (exact) mass is 371 g/mol. The van der Waals surface area contributed by atoms with E-state index in [0.717, 1.165) is 25.0 Å². The number of halogens is 1. The van der Waals surface area contributed by atoms with Crippen molar-refractivity contribution in [1.82, 2.24) is 10.3 Å². The molecule has 0 atom stereocenters. The van der Waals surface area contributed by atoms with Gasteiger partial charge in [-0.3, -0.25) is 4.79 Å². The first-order valence-corrected chi connectivity index (χ1v) is 9.05. The van der Waals surface area contributed by atoms with E-state index in [9.17, 15) is 9.18 Å². The average molecular weight is 371 g/mol. The van der Waals surface area contributed by atoms with Gasteiger partial charge in [-0.2, -0.15) is 0 Å². The van der Waals surface area contributed by atoms with E-state index in [2.05, 4.69) is 16.4 Å². The van der Waals surface area contributed by atoms with Crippen LogP contribution in [0.1, 0.15) is 47.8 Å². The summed E-state index contributed by atoms with van der Waals surface area (Å²) in [4.78, 5) is 16.3. The van der Waals surface area contributed by atoms with Crippen LogP contribution in [0, 0.1) is 12.7 Å². The predicted molar refractivity (Wildman–Crippen MR) is 105 cm³/mol. The van der Waals surface area contributed by atoms with Crippen LogP contribution in [0.5, 0.6) is 5.75 Å². The second-order valence-electron chi connectivity index (χ2n) is 6.21. The minimum atomic E-state index is -0.457. The highest BCUT2D eigenvalue weighted by molar-refractivity contribution is 5.98. The molecule has 0 radical (unpaired) electrons. The molecule has 2 rings (SSSR count). The van der Waals surface area contributed by atoms with Gasteiger partial charge in [0.05, 0.1) is 12.2 Å². The lowest BCUT2D eigenvalue weighted by Gasteiger charge is -2.11. The molecule has 0 unspecified atom stereocenters. The van der Waals surface area contributed by atoms with Crippen LogP contribution >= 0.6 is 0 Å². The van der Waals surface area contributed by atoms with Crippen LogP contribution in [0.25, 0.3) is 0 Å². The SMILES string of the molecule is CC=CCCCCOc1cccc(CNC(=O)c2ccc(C)nc2N)c1F. The van der Waals surface area contributed by atoms with Crippen molar-refractivity contribution in [3.8, 4) is 5.75 Å². The summed E-state index contributed by atoms with van der Waals surface area (Å²) in [5, 5.41) is 2.67. The number of hydrogen-bond donors (Lipinski definition) is 2. The summed E-state index contributed by atoms with van der Waals surface area (Å²) in [7, 11) is 0. The van der Waals surface area contributed by atoms with Crippen molar-refractivity contribution in [3.63, 3.8) is 0 Å². The molecule has 1 aromatic carbocycles. The molecule has 0 saturated heterocycles. The van der Waals surface area contributed by atoms with Gasteiger partial charge in [-0.15, -0.1) is 0 Å². The number of anilines is 1. The number of nitrogens with one attached hydrogen (secondary N) is 1. The Hall–Kier alpha value is -2.89. The number of carbonyl (C=O) groups is 1. The van der Waals surface area contributed by atoms with E-state index in [1.54, 1.807) is 37.3 Å². The average Bonchev–Trinajstić information content (AvgIpc) is 2.64. The standard InChI is InChI=1S/C21H26FN3O2/c1-3-4-5-6-7-13-27-18-10-8-9-16(19(18)22)14-24-21(26)17-12-11-15(2)25-20(17)23/h3-4,8-12H,5-7,13-14H2,1-2H3,(H2,23,25)(H,24,26). The number of hydrogen-bond acceptors (Lipinski definition) is 4. The summed E-state index contributed by atoms with van der Waals surface area (Å²) < 4.78 is 20.1. The van der Waals surface area contributed by atoms with E-state index in [1.165, 1.54) is 0 Å². The number of nitrogens with zero attached hydrogens (tertiary/aromatic N) is 1. The molecule has 0 aliphatic heterocycles. The number of nitrogen functional groups attached to an aromatic ring is 1. The third kappa shape index (κ3) is 6.09. The maximum absolute atomic E-state index is 14.6. The zero-order valence-corrected chi connectivity index (χ0v) is 15.8. The number of aryl methyl sites for hydroxylation is 1. The molecule has 2 aromatic rings. The van der Waals surface area contributed by atoms with Crippen LogP contribution in [0.2, 0.25) is 0 Å². The fraction of sp³-hybridized carbons (Fsp3) is 0.333. The van der Waals surface area contributed by atoms with Crippen LogP contribution in [-0.2, 0) is 6.54 Å². The lowest BCUT2D eigenvalue weighted by molar-refractivity contribution is 0.0951. The molecule has 27 heavy (non-hydrogen) atoms. The topological polar surface area (TPSA) is 77.2 Å². The van der Waals surface area contributed by atoms with Crippen LogP contribution in [0.4, 0.5) is 10.2 Å². The van der Waals surface area contributed by atoms with Gasteiger partial charge >= 0.3 is 0 Å². The van der Waals surface area contributed by atoms with Crippen molar-refractivity contribution < 1.29 is 13.9 Å². The molecule has 0 fully saturated rings. The maximum atomic E-state index is 14.6. The molecule has 144 valence electrons. The Kier molecular flexibility index (Phi) is 7.79. The van der Waals surface area contributed by atoms with Crippen molar-refractivity contribution in [2.24, 2.45) is 0 Å². The molecular weight excluding hydrogens is 345 g/mol. The first-order chi connectivity index (χ1) is 13.0. The smallest absolute Gasteiger partial charge is 0.255 e. The zero-order valence-electron chi connectivity index (χ0n) is 15.8. The van der Waals surface area contributed by atoms with Crippen molar-refractivity contribution in [3.05, 3.63) is 65.1 Å². The normalized spacial score (nSPS) is 10.9. The van der Waals surface area contributed by atoms with Crippen molar-refractivity contribution in [2.75, 3.05) is 12.3 Å². The summed E-state index contributed by atoms with van der Waals surface area (Å²) >= 11 is 0. The Labute approximate surface area is 159 Å². The van der Waals surface area contributed by atoms with E-state index < -0.39 is 11.7 Å². The van der Waals surface area contributed by atoms with Crippen LogP contribution in [0.15, 0.2) is 42.5 Å². The van der Waals surface area contributed by atoms with Crippen LogP contribution in [0.3, 0.4) is 0 Å². The Morgan fingerprint density at radius 1 is 1.30 bits per heavy atom. The highest BCUT2D eigenvalue weighted by atomic mass is 19.1. The van der Waals surface area contributed by atoms with E-state index in [0.29, 0.717) is 12.2 Å². The molecule has 0 aliphatic carbocycles. The highest BCUT2D eigenvalue weighted by Crippen LogP contribution is 2.21. The molecule has 3 N–H and O–H groups in total. The minimum Gasteiger partial charge on any atom is -0.491 e. The van der Waals surface area contributed by atoms with Crippen molar-refractivity contribution >= 4 is 11.7 Å². The van der Waals surface area contributed by atoms with E-state index >= 15 is 0 Å². The summed E-state index contributed by atoms with van der Waals surface area (Å²) in [5.41, 5.74) is 7.13.